The third kappa shape index (κ3) is 6.72. The van der Waals surface area contributed by atoms with Crippen LogP contribution in [0.1, 0.15) is 72.6 Å². The number of fused-ring (bicyclic) bond motifs is 2. The molecule has 4 aromatic rings. The van der Waals surface area contributed by atoms with Gasteiger partial charge in [-0.2, -0.15) is 0 Å². The molecule has 2 amide bonds. The monoisotopic (exact) mass is 806 g/mol. The number of anilines is 2. The molecule has 6 aliphatic rings. The minimum atomic E-state index is -2.79. The van der Waals surface area contributed by atoms with Crippen molar-refractivity contribution in [3.8, 4) is 11.5 Å². The highest BCUT2D eigenvalue weighted by molar-refractivity contribution is 6.01. The number of amides is 2. The highest BCUT2D eigenvalue weighted by atomic mass is 19.3. The Bertz CT molecular complexity index is 2250. The van der Waals surface area contributed by atoms with Crippen molar-refractivity contribution in [1.82, 2.24) is 10.2 Å². The number of imide groups is 1. The van der Waals surface area contributed by atoms with Crippen molar-refractivity contribution in [1.29, 1.82) is 0 Å². The van der Waals surface area contributed by atoms with Gasteiger partial charge in [0.2, 0.25) is 11.8 Å². The van der Waals surface area contributed by atoms with Crippen LogP contribution in [0.5, 0.6) is 11.5 Å². The summed E-state index contributed by atoms with van der Waals surface area (Å²) in [6.45, 7) is 3.98. The number of benzene rings is 4. The van der Waals surface area contributed by atoms with E-state index in [1.165, 1.54) is 0 Å². The topological polar surface area (TPSA) is 103 Å². The summed E-state index contributed by atoms with van der Waals surface area (Å²) in [7, 11) is 0. The van der Waals surface area contributed by atoms with Crippen LogP contribution in [0, 0.1) is 17.7 Å². The van der Waals surface area contributed by atoms with E-state index in [-0.39, 0.29) is 53.2 Å². The number of phenols is 1. The normalized spacial score (nSPS) is 29.6. The van der Waals surface area contributed by atoms with Gasteiger partial charge in [-0.05, 0) is 91.6 Å². The van der Waals surface area contributed by atoms with Crippen LogP contribution in [-0.4, -0.2) is 85.3 Å². The van der Waals surface area contributed by atoms with Gasteiger partial charge in [0.15, 0.2) is 0 Å². The lowest BCUT2D eigenvalue weighted by atomic mass is 9.76. The van der Waals surface area contributed by atoms with E-state index in [9.17, 15) is 14.7 Å². The first-order chi connectivity index (χ1) is 28.5. The van der Waals surface area contributed by atoms with Crippen LogP contribution in [0.4, 0.5) is 24.5 Å². The van der Waals surface area contributed by atoms with Gasteiger partial charge in [0.25, 0.3) is 5.92 Å². The molecule has 1 spiro atoms. The number of carbonyl (C=O) groups excluding carboxylic acids is 2. The number of carbonyl (C=O) groups is 2. The summed E-state index contributed by atoms with van der Waals surface area (Å²) in [6, 6.07) is 27.4. The molecule has 5 aliphatic heterocycles. The van der Waals surface area contributed by atoms with Crippen LogP contribution >= 0.6 is 0 Å². The van der Waals surface area contributed by atoms with Crippen molar-refractivity contribution in [2.75, 3.05) is 56.2 Å². The number of rotatable bonds is 8. The summed E-state index contributed by atoms with van der Waals surface area (Å²) in [6.07, 6.45) is 3.45. The summed E-state index contributed by atoms with van der Waals surface area (Å²) in [4.78, 5) is 28.0. The molecule has 5 heterocycles. The van der Waals surface area contributed by atoms with E-state index >= 15 is 13.2 Å². The van der Waals surface area contributed by atoms with Gasteiger partial charge in [-0.15, -0.1) is 0 Å². The highest BCUT2D eigenvalue weighted by Crippen LogP contribution is 2.70. The maximum atomic E-state index is 16.2. The van der Waals surface area contributed by atoms with Crippen LogP contribution in [-0.2, 0) is 19.7 Å². The standard InChI is InChI=1S/C47H49F3N4O5/c48-37-22-31(43-35-12-11-34(55)23-40(35)58-28-36(43)30-4-2-1-3-5-30)6-14-39(37)54-20-16-45(17-21-54)24-29(27-59-45)25-53-19-18-46(41(26-53)47(46,49)50)32-7-9-33(10-8-32)51-38-13-15-42(56)52-44(38)57/h1-12,14,22-23,29,36,38,41,43,51,55H,13,15-21,24-28H2,(H,52,56,57)/t29-,36-,38?,41?,43-,46?/m1/s1. The number of nitrogens with zero attached hydrogens (tertiary/aromatic N) is 2. The van der Waals surface area contributed by atoms with E-state index in [4.69, 9.17) is 9.47 Å². The molecule has 0 radical (unpaired) electrons. The van der Waals surface area contributed by atoms with Gasteiger partial charge in [0.1, 0.15) is 23.4 Å². The number of phenolic OH excluding ortho intramolecular Hbond substituents is 1. The Morgan fingerprint density at radius 2 is 1.68 bits per heavy atom. The predicted octanol–water partition coefficient (Wildman–Crippen LogP) is 7.34. The molecule has 10 rings (SSSR count). The zero-order valence-corrected chi connectivity index (χ0v) is 32.8. The molecule has 59 heavy (non-hydrogen) atoms. The Morgan fingerprint density at radius 1 is 0.881 bits per heavy atom. The first-order valence-electron chi connectivity index (χ1n) is 21.0. The Labute approximate surface area is 341 Å². The fourth-order valence-electron chi connectivity index (χ4n) is 11.1. The molecular weight excluding hydrogens is 758 g/mol. The maximum absolute atomic E-state index is 16.2. The molecule has 0 aromatic heterocycles. The molecule has 0 bridgehead atoms. The molecular formula is C47H49F3N4O5. The Morgan fingerprint density at radius 3 is 2.42 bits per heavy atom. The summed E-state index contributed by atoms with van der Waals surface area (Å²) in [5, 5.41) is 15.6. The van der Waals surface area contributed by atoms with E-state index < -0.39 is 23.3 Å². The zero-order chi connectivity index (χ0) is 40.5. The number of ether oxygens (including phenoxy) is 2. The van der Waals surface area contributed by atoms with E-state index in [1.807, 2.05) is 36.4 Å². The number of aromatic hydroxyl groups is 1. The number of hydrogen-bond acceptors (Lipinski definition) is 8. The molecule has 308 valence electrons. The third-order valence-electron chi connectivity index (χ3n) is 14.3. The lowest BCUT2D eigenvalue weighted by Gasteiger charge is -2.40. The Balaban J connectivity index is 0.752. The van der Waals surface area contributed by atoms with Gasteiger partial charge in [0.05, 0.1) is 35.8 Å². The van der Waals surface area contributed by atoms with Gasteiger partial charge in [-0.1, -0.05) is 54.6 Å². The molecule has 1 saturated carbocycles. The van der Waals surface area contributed by atoms with E-state index in [0.717, 1.165) is 42.5 Å². The summed E-state index contributed by atoms with van der Waals surface area (Å²) >= 11 is 0. The molecule has 9 nitrogen and oxygen atoms in total. The van der Waals surface area contributed by atoms with Gasteiger partial charge in [0, 0.05) is 61.8 Å². The first kappa shape index (κ1) is 38.2. The fraction of sp³-hybridized carbons (Fsp3) is 0.447. The summed E-state index contributed by atoms with van der Waals surface area (Å²) in [5.41, 5.74) is 3.31. The SMILES string of the molecule is O=C1CCC(Nc2ccc(C34CCN(C[C@@H]5COC6(CCN(c7ccc([C@@H]8c9ccc(O)cc9OC[C@@H]8c8ccccc8)cc7F)CC6)C5)CC3C4(F)F)cc2)C(=O)N1. The number of likely N-dealkylation sites (tertiary alicyclic amines) is 1. The summed E-state index contributed by atoms with van der Waals surface area (Å²) in [5.74, 6) is -3.64. The fourth-order valence-corrected chi connectivity index (χ4v) is 11.1. The number of nitrogens with one attached hydrogen (secondary N) is 2. The van der Waals surface area contributed by atoms with E-state index in [0.29, 0.717) is 74.9 Å². The zero-order valence-electron chi connectivity index (χ0n) is 32.8. The highest BCUT2D eigenvalue weighted by Gasteiger charge is 2.81. The van der Waals surface area contributed by atoms with Crippen molar-refractivity contribution in [2.24, 2.45) is 11.8 Å². The molecule has 6 atom stereocenters. The summed E-state index contributed by atoms with van der Waals surface area (Å²) < 4.78 is 60.1. The number of piperidine rings is 3. The van der Waals surface area contributed by atoms with Crippen LogP contribution < -0.4 is 20.3 Å². The molecule has 1 aliphatic carbocycles. The minimum Gasteiger partial charge on any atom is -0.508 e. The van der Waals surface area contributed by atoms with E-state index in [2.05, 4.69) is 32.6 Å². The Kier molecular flexibility index (Phi) is 9.43. The second-order valence-electron chi connectivity index (χ2n) is 17.7. The van der Waals surface area contributed by atoms with Crippen molar-refractivity contribution in [3.05, 3.63) is 119 Å². The average molecular weight is 807 g/mol. The first-order valence-corrected chi connectivity index (χ1v) is 21.0. The molecule has 3 unspecified atom stereocenters. The molecule has 4 aromatic carbocycles. The second kappa shape index (κ2) is 14.6. The van der Waals surface area contributed by atoms with Crippen LogP contribution in [0.3, 0.4) is 0 Å². The van der Waals surface area contributed by atoms with Gasteiger partial charge < -0.3 is 29.7 Å². The second-order valence-corrected chi connectivity index (χ2v) is 17.7. The maximum Gasteiger partial charge on any atom is 0.263 e. The van der Waals surface area contributed by atoms with E-state index in [1.54, 1.807) is 42.5 Å². The number of hydrogen-bond donors (Lipinski definition) is 3. The van der Waals surface area contributed by atoms with Crippen LogP contribution in [0.2, 0.25) is 0 Å². The number of alkyl halides is 2. The molecule has 4 saturated heterocycles. The Hall–Kier alpha value is -5.07. The van der Waals surface area contributed by atoms with Gasteiger partial charge >= 0.3 is 0 Å². The quantitative estimate of drug-likeness (QED) is 0.159. The lowest BCUT2D eigenvalue weighted by molar-refractivity contribution is -0.133. The smallest absolute Gasteiger partial charge is 0.263 e. The van der Waals surface area contributed by atoms with Gasteiger partial charge in [-0.3, -0.25) is 14.9 Å². The molecule has 12 heteroatoms. The van der Waals surface area contributed by atoms with Crippen LogP contribution in [0.15, 0.2) is 91.0 Å². The minimum absolute atomic E-state index is 0.0239. The number of halogens is 3. The lowest BCUT2D eigenvalue weighted by Crippen LogP contribution is -2.47. The average Bonchev–Trinajstić information content (AvgIpc) is 3.49. The molecule has 5 fully saturated rings. The van der Waals surface area contributed by atoms with Crippen molar-refractivity contribution < 1.29 is 37.3 Å². The molecule has 3 N–H and O–H groups in total. The van der Waals surface area contributed by atoms with Crippen molar-refractivity contribution in [2.45, 2.75) is 73.3 Å². The van der Waals surface area contributed by atoms with Crippen molar-refractivity contribution >= 4 is 23.2 Å². The van der Waals surface area contributed by atoms with Gasteiger partial charge in [-0.25, -0.2) is 13.2 Å². The predicted molar refractivity (Wildman–Crippen MR) is 217 cm³/mol. The van der Waals surface area contributed by atoms with Crippen molar-refractivity contribution in [3.63, 3.8) is 0 Å². The largest absolute Gasteiger partial charge is 0.508 e. The third-order valence-corrected chi connectivity index (χ3v) is 14.3. The van der Waals surface area contributed by atoms with Crippen LogP contribution in [0.25, 0.3) is 0 Å².